The summed E-state index contributed by atoms with van der Waals surface area (Å²) in [7, 11) is 0. The highest BCUT2D eigenvalue weighted by atomic mass is 35.5. The molecule has 0 bridgehead atoms. The molecule has 2 rings (SSSR count). The monoisotopic (exact) mass is 319 g/mol. The molecule has 21 heavy (non-hydrogen) atoms. The van der Waals surface area contributed by atoms with Crippen molar-refractivity contribution in [2.75, 3.05) is 39.3 Å². The number of hydrogen-bond acceptors (Lipinski definition) is 4. The fourth-order valence-corrected chi connectivity index (χ4v) is 2.99. The summed E-state index contributed by atoms with van der Waals surface area (Å²) in [6, 6.07) is 0.163. The number of piperazine rings is 1. The predicted molar refractivity (Wildman–Crippen MR) is 82.5 cm³/mol. The minimum Gasteiger partial charge on any atom is -0.369 e. The van der Waals surface area contributed by atoms with Crippen LogP contribution in [0.5, 0.6) is 0 Å². The van der Waals surface area contributed by atoms with Gasteiger partial charge in [-0.3, -0.25) is 9.59 Å². The molecule has 0 aliphatic carbocycles. The zero-order valence-electron chi connectivity index (χ0n) is 12.8. The Balaban J connectivity index is 0.00000220. The molecule has 2 aliphatic rings. The van der Waals surface area contributed by atoms with E-state index in [4.69, 9.17) is 4.74 Å². The van der Waals surface area contributed by atoms with E-state index >= 15 is 0 Å². The van der Waals surface area contributed by atoms with Crippen LogP contribution in [-0.4, -0.2) is 73.1 Å². The molecule has 2 fully saturated rings. The predicted octanol–water partition coefficient (Wildman–Crippen LogP) is 0.256. The van der Waals surface area contributed by atoms with Crippen LogP contribution in [-0.2, 0) is 14.3 Å². The molecule has 7 heteroatoms. The topological polar surface area (TPSA) is 61.9 Å². The number of piperidine rings is 1. The van der Waals surface area contributed by atoms with Crippen LogP contribution in [0.15, 0.2) is 0 Å². The standard InChI is InChI=1S/C14H25N3O3.ClH/c1-3-20-11(2)14(19)16-7-4-5-12(10-16)17-8-6-15-9-13(17)18;/h11-12,15H,3-10H2,1-2H3;1H. The highest BCUT2D eigenvalue weighted by molar-refractivity contribution is 5.85. The molecule has 0 aromatic heterocycles. The molecule has 2 amide bonds. The van der Waals surface area contributed by atoms with Gasteiger partial charge in [-0.15, -0.1) is 12.4 Å². The summed E-state index contributed by atoms with van der Waals surface area (Å²) in [6.45, 7) is 7.64. The van der Waals surface area contributed by atoms with Crippen LogP contribution in [0.1, 0.15) is 26.7 Å². The number of nitrogens with zero attached hydrogens (tertiary/aromatic N) is 2. The fourth-order valence-electron chi connectivity index (χ4n) is 2.99. The number of rotatable bonds is 4. The Hall–Kier alpha value is -0.850. The van der Waals surface area contributed by atoms with E-state index in [-0.39, 0.29) is 30.3 Å². The molecule has 2 unspecified atom stereocenters. The maximum Gasteiger partial charge on any atom is 0.251 e. The van der Waals surface area contributed by atoms with E-state index in [0.717, 1.165) is 32.5 Å². The number of carbonyl (C=O) groups excluding carboxylic acids is 2. The van der Waals surface area contributed by atoms with Gasteiger partial charge in [-0.2, -0.15) is 0 Å². The molecular formula is C14H26ClN3O3. The fraction of sp³-hybridized carbons (Fsp3) is 0.857. The lowest BCUT2D eigenvalue weighted by molar-refractivity contribution is -0.147. The maximum atomic E-state index is 12.3. The maximum absolute atomic E-state index is 12.3. The molecule has 1 N–H and O–H groups in total. The summed E-state index contributed by atoms with van der Waals surface area (Å²) in [5.74, 6) is 0.188. The van der Waals surface area contributed by atoms with Gasteiger partial charge in [-0.25, -0.2) is 0 Å². The third-order valence-corrected chi connectivity index (χ3v) is 4.04. The third-order valence-electron chi connectivity index (χ3n) is 4.04. The molecule has 2 atom stereocenters. The Bertz CT molecular complexity index is 367. The number of hydrogen-bond donors (Lipinski definition) is 1. The zero-order valence-corrected chi connectivity index (χ0v) is 13.7. The molecule has 0 aromatic rings. The lowest BCUT2D eigenvalue weighted by Crippen LogP contribution is -2.58. The number of amides is 2. The van der Waals surface area contributed by atoms with Crippen LogP contribution >= 0.6 is 12.4 Å². The smallest absolute Gasteiger partial charge is 0.251 e. The van der Waals surface area contributed by atoms with Crippen molar-refractivity contribution in [3.63, 3.8) is 0 Å². The number of nitrogens with one attached hydrogen (secondary N) is 1. The summed E-state index contributed by atoms with van der Waals surface area (Å²) >= 11 is 0. The third kappa shape index (κ3) is 4.56. The lowest BCUT2D eigenvalue weighted by Gasteiger charge is -2.41. The van der Waals surface area contributed by atoms with Gasteiger partial charge >= 0.3 is 0 Å². The SMILES string of the molecule is CCOC(C)C(=O)N1CCCC(N2CCNCC2=O)C1.Cl. The summed E-state index contributed by atoms with van der Waals surface area (Å²) in [5.41, 5.74) is 0. The van der Waals surface area contributed by atoms with Gasteiger partial charge in [0.15, 0.2) is 0 Å². The van der Waals surface area contributed by atoms with Crippen molar-refractivity contribution in [3.05, 3.63) is 0 Å². The van der Waals surface area contributed by atoms with E-state index in [9.17, 15) is 9.59 Å². The largest absolute Gasteiger partial charge is 0.369 e. The quantitative estimate of drug-likeness (QED) is 0.807. The van der Waals surface area contributed by atoms with Gasteiger partial charge in [0.05, 0.1) is 6.54 Å². The molecular weight excluding hydrogens is 294 g/mol. The van der Waals surface area contributed by atoms with Crippen LogP contribution in [0.25, 0.3) is 0 Å². The Labute approximate surface area is 132 Å². The second kappa shape index (κ2) is 8.56. The highest BCUT2D eigenvalue weighted by Gasteiger charge is 2.32. The van der Waals surface area contributed by atoms with E-state index < -0.39 is 6.10 Å². The van der Waals surface area contributed by atoms with Gasteiger partial charge in [0.25, 0.3) is 5.91 Å². The first-order valence-corrected chi connectivity index (χ1v) is 7.54. The van der Waals surface area contributed by atoms with Gasteiger partial charge in [0.2, 0.25) is 5.91 Å². The highest BCUT2D eigenvalue weighted by Crippen LogP contribution is 2.18. The average molecular weight is 320 g/mol. The molecule has 0 spiro atoms. The Morgan fingerprint density at radius 1 is 1.48 bits per heavy atom. The van der Waals surface area contributed by atoms with Gasteiger partial charge in [-0.1, -0.05) is 0 Å². The summed E-state index contributed by atoms with van der Waals surface area (Å²) in [6.07, 6.45) is 1.54. The van der Waals surface area contributed by atoms with Gasteiger partial charge in [-0.05, 0) is 26.7 Å². The molecule has 6 nitrogen and oxygen atoms in total. The van der Waals surface area contributed by atoms with Crippen molar-refractivity contribution in [2.24, 2.45) is 0 Å². The van der Waals surface area contributed by atoms with Crippen LogP contribution in [0.2, 0.25) is 0 Å². The van der Waals surface area contributed by atoms with Crippen LogP contribution in [0.3, 0.4) is 0 Å². The van der Waals surface area contributed by atoms with Crippen LogP contribution in [0.4, 0.5) is 0 Å². The number of ether oxygens (including phenoxy) is 1. The van der Waals surface area contributed by atoms with Crippen molar-refractivity contribution < 1.29 is 14.3 Å². The minimum atomic E-state index is -0.391. The van der Waals surface area contributed by atoms with Crippen molar-refractivity contribution in [3.8, 4) is 0 Å². The van der Waals surface area contributed by atoms with Crippen molar-refractivity contribution in [1.29, 1.82) is 0 Å². The second-order valence-corrected chi connectivity index (χ2v) is 5.44. The number of halogens is 1. The zero-order chi connectivity index (χ0) is 14.5. The molecule has 0 saturated carbocycles. The minimum absolute atomic E-state index is 0. The van der Waals surface area contributed by atoms with Gasteiger partial charge in [0.1, 0.15) is 6.10 Å². The first-order chi connectivity index (χ1) is 9.63. The Kier molecular flexibility index (Phi) is 7.42. The van der Waals surface area contributed by atoms with E-state index in [1.807, 2.05) is 16.7 Å². The lowest BCUT2D eigenvalue weighted by atomic mass is 10.0. The van der Waals surface area contributed by atoms with E-state index in [1.54, 1.807) is 6.92 Å². The molecule has 2 saturated heterocycles. The average Bonchev–Trinajstić information content (AvgIpc) is 2.47. The van der Waals surface area contributed by atoms with Crippen molar-refractivity contribution in [2.45, 2.75) is 38.8 Å². The normalized spacial score (nSPS) is 24.5. The molecule has 122 valence electrons. The molecule has 0 radical (unpaired) electrons. The van der Waals surface area contributed by atoms with E-state index in [2.05, 4.69) is 5.32 Å². The number of likely N-dealkylation sites (tertiary alicyclic amines) is 1. The van der Waals surface area contributed by atoms with Crippen LogP contribution < -0.4 is 5.32 Å². The second-order valence-electron chi connectivity index (χ2n) is 5.44. The summed E-state index contributed by atoms with van der Waals surface area (Å²) in [5, 5.41) is 3.08. The van der Waals surface area contributed by atoms with Gasteiger partial charge in [0, 0.05) is 38.8 Å². The molecule has 0 aromatic carbocycles. The van der Waals surface area contributed by atoms with Crippen molar-refractivity contribution >= 4 is 24.2 Å². The van der Waals surface area contributed by atoms with Crippen LogP contribution in [0, 0.1) is 0 Å². The summed E-state index contributed by atoms with van der Waals surface area (Å²) < 4.78 is 5.38. The summed E-state index contributed by atoms with van der Waals surface area (Å²) in [4.78, 5) is 28.0. The molecule has 2 heterocycles. The molecule has 2 aliphatic heterocycles. The van der Waals surface area contributed by atoms with E-state index in [0.29, 0.717) is 19.7 Å². The Morgan fingerprint density at radius 3 is 2.90 bits per heavy atom. The van der Waals surface area contributed by atoms with Gasteiger partial charge < -0.3 is 19.9 Å². The first-order valence-electron chi connectivity index (χ1n) is 7.54. The first kappa shape index (κ1) is 18.2. The Morgan fingerprint density at radius 2 is 2.24 bits per heavy atom. The van der Waals surface area contributed by atoms with E-state index in [1.165, 1.54) is 0 Å². The number of carbonyl (C=O) groups is 2. The van der Waals surface area contributed by atoms with Crippen molar-refractivity contribution in [1.82, 2.24) is 15.1 Å².